The molecule has 4 heteroatoms. The summed E-state index contributed by atoms with van der Waals surface area (Å²) in [5, 5.41) is 2.61. The van der Waals surface area contributed by atoms with Crippen molar-refractivity contribution >= 4 is 12.3 Å². The minimum Gasteiger partial charge on any atom is -0.347 e. The number of hydrogen-bond donors (Lipinski definition) is 1. The number of piperidine rings is 1. The van der Waals surface area contributed by atoms with Gasteiger partial charge in [-0.3, -0.25) is 9.59 Å². The SMILES string of the molecule is CC(C)C(NC=O)C(=O)N1CCCCC1. The molecule has 0 spiro atoms. The van der Waals surface area contributed by atoms with Crippen molar-refractivity contribution in [2.24, 2.45) is 5.92 Å². The number of carbonyl (C=O) groups is 2. The molecule has 0 aliphatic carbocycles. The molecule has 4 nitrogen and oxygen atoms in total. The summed E-state index contributed by atoms with van der Waals surface area (Å²) in [4.78, 5) is 24.3. The first kappa shape index (κ1) is 12.0. The lowest BCUT2D eigenvalue weighted by molar-refractivity contribution is -0.136. The van der Waals surface area contributed by atoms with Gasteiger partial charge in [-0.05, 0) is 25.2 Å². The predicted molar refractivity (Wildman–Crippen MR) is 58.3 cm³/mol. The summed E-state index contributed by atoms with van der Waals surface area (Å²) in [6.07, 6.45) is 3.99. The van der Waals surface area contributed by atoms with Gasteiger partial charge in [-0.1, -0.05) is 13.8 Å². The molecule has 0 radical (unpaired) electrons. The molecule has 86 valence electrons. The minimum atomic E-state index is -0.361. The van der Waals surface area contributed by atoms with Gasteiger partial charge in [-0.25, -0.2) is 0 Å². The van der Waals surface area contributed by atoms with Gasteiger partial charge in [0.15, 0.2) is 0 Å². The molecule has 1 saturated heterocycles. The molecule has 1 heterocycles. The molecular weight excluding hydrogens is 192 g/mol. The van der Waals surface area contributed by atoms with Gasteiger partial charge in [0, 0.05) is 13.1 Å². The van der Waals surface area contributed by atoms with Gasteiger partial charge >= 0.3 is 0 Å². The van der Waals surface area contributed by atoms with E-state index in [1.165, 1.54) is 6.42 Å². The van der Waals surface area contributed by atoms with E-state index in [0.29, 0.717) is 6.41 Å². The molecular formula is C11H20N2O2. The zero-order chi connectivity index (χ0) is 11.3. The maximum atomic E-state index is 12.0. The fourth-order valence-corrected chi connectivity index (χ4v) is 1.93. The van der Waals surface area contributed by atoms with E-state index >= 15 is 0 Å². The van der Waals surface area contributed by atoms with E-state index in [4.69, 9.17) is 0 Å². The molecule has 1 rings (SSSR count). The number of carbonyl (C=O) groups excluding carboxylic acids is 2. The fourth-order valence-electron chi connectivity index (χ4n) is 1.93. The van der Waals surface area contributed by atoms with E-state index < -0.39 is 0 Å². The van der Waals surface area contributed by atoms with Gasteiger partial charge in [0.2, 0.25) is 12.3 Å². The zero-order valence-electron chi connectivity index (χ0n) is 9.53. The molecule has 0 bridgehead atoms. The highest BCUT2D eigenvalue weighted by Gasteiger charge is 2.27. The molecule has 1 unspecified atom stereocenters. The van der Waals surface area contributed by atoms with Crippen molar-refractivity contribution in [2.45, 2.75) is 39.2 Å². The van der Waals surface area contributed by atoms with Gasteiger partial charge in [0.1, 0.15) is 6.04 Å². The van der Waals surface area contributed by atoms with Crippen molar-refractivity contribution in [2.75, 3.05) is 13.1 Å². The Morgan fingerprint density at radius 3 is 2.33 bits per heavy atom. The highest BCUT2D eigenvalue weighted by atomic mass is 16.2. The molecule has 1 fully saturated rings. The Bertz CT molecular complexity index is 223. The second-order valence-corrected chi connectivity index (χ2v) is 4.39. The number of rotatable bonds is 4. The van der Waals surface area contributed by atoms with Crippen molar-refractivity contribution in [1.29, 1.82) is 0 Å². The van der Waals surface area contributed by atoms with Crippen LogP contribution in [0, 0.1) is 5.92 Å². The lowest BCUT2D eigenvalue weighted by Gasteiger charge is -2.31. The van der Waals surface area contributed by atoms with Crippen LogP contribution < -0.4 is 5.32 Å². The molecule has 0 aromatic rings. The van der Waals surface area contributed by atoms with Crippen LogP contribution in [0.4, 0.5) is 0 Å². The lowest BCUT2D eigenvalue weighted by atomic mass is 10.0. The van der Waals surface area contributed by atoms with Crippen molar-refractivity contribution in [3.8, 4) is 0 Å². The number of nitrogens with one attached hydrogen (secondary N) is 1. The molecule has 0 aromatic carbocycles. The van der Waals surface area contributed by atoms with Gasteiger partial charge in [-0.2, -0.15) is 0 Å². The van der Waals surface area contributed by atoms with E-state index in [-0.39, 0.29) is 17.9 Å². The summed E-state index contributed by atoms with van der Waals surface area (Å²) in [5.74, 6) is 0.210. The quantitative estimate of drug-likeness (QED) is 0.700. The second-order valence-electron chi connectivity index (χ2n) is 4.39. The summed E-state index contributed by atoms with van der Waals surface area (Å²) < 4.78 is 0. The van der Waals surface area contributed by atoms with Crippen molar-refractivity contribution in [1.82, 2.24) is 10.2 Å². The first-order valence-electron chi connectivity index (χ1n) is 5.65. The number of hydrogen-bond acceptors (Lipinski definition) is 2. The molecule has 15 heavy (non-hydrogen) atoms. The molecule has 1 aliphatic heterocycles. The lowest BCUT2D eigenvalue weighted by Crippen LogP contribution is -2.50. The van der Waals surface area contributed by atoms with Crippen molar-refractivity contribution < 1.29 is 9.59 Å². The van der Waals surface area contributed by atoms with E-state index in [1.807, 2.05) is 18.7 Å². The van der Waals surface area contributed by atoms with Crippen LogP contribution in [0.3, 0.4) is 0 Å². The third kappa shape index (κ3) is 3.22. The Hall–Kier alpha value is -1.06. The largest absolute Gasteiger partial charge is 0.347 e. The normalized spacial score (nSPS) is 18.7. The number of amides is 2. The van der Waals surface area contributed by atoms with Crippen molar-refractivity contribution in [3.63, 3.8) is 0 Å². The first-order chi connectivity index (χ1) is 7.16. The monoisotopic (exact) mass is 212 g/mol. The third-order valence-electron chi connectivity index (χ3n) is 2.85. The number of nitrogens with zero attached hydrogens (tertiary/aromatic N) is 1. The van der Waals surface area contributed by atoms with Gasteiger partial charge < -0.3 is 10.2 Å². The molecule has 0 aromatic heterocycles. The smallest absolute Gasteiger partial charge is 0.245 e. The standard InChI is InChI=1S/C11H20N2O2/c1-9(2)10(12-8-14)11(15)13-6-4-3-5-7-13/h8-10H,3-7H2,1-2H3,(H,12,14). The molecule has 1 atom stereocenters. The Balaban J connectivity index is 2.57. The van der Waals surface area contributed by atoms with E-state index in [0.717, 1.165) is 25.9 Å². The maximum Gasteiger partial charge on any atom is 0.245 e. The third-order valence-corrected chi connectivity index (χ3v) is 2.85. The Morgan fingerprint density at radius 2 is 1.87 bits per heavy atom. The Labute approximate surface area is 91.0 Å². The van der Waals surface area contributed by atoms with Gasteiger partial charge in [0.05, 0.1) is 0 Å². The van der Waals surface area contributed by atoms with Gasteiger partial charge in [-0.15, -0.1) is 0 Å². The topological polar surface area (TPSA) is 49.4 Å². The maximum absolute atomic E-state index is 12.0. The predicted octanol–water partition coefficient (Wildman–Crippen LogP) is 0.769. The van der Waals surface area contributed by atoms with Crippen LogP contribution in [0.25, 0.3) is 0 Å². The highest BCUT2D eigenvalue weighted by molar-refractivity contribution is 5.84. The average molecular weight is 212 g/mol. The van der Waals surface area contributed by atoms with Gasteiger partial charge in [0.25, 0.3) is 0 Å². The molecule has 0 saturated carbocycles. The van der Waals surface area contributed by atoms with Crippen LogP contribution in [0.1, 0.15) is 33.1 Å². The van der Waals surface area contributed by atoms with E-state index in [9.17, 15) is 9.59 Å². The summed E-state index contributed by atoms with van der Waals surface area (Å²) in [6, 6.07) is -0.361. The van der Waals surface area contributed by atoms with Crippen LogP contribution in [0.15, 0.2) is 0 Å². The Kier molecular flexibility index (Phi) is 4.59. The Morgan fingerprint density at radius 1 is 1.27 bits per heavy atom. The second kappa shape index (κ2) is 5.73. The number of likely N-dealkylation sites (tertiary alicyclic amines) is 1. The fraction of sp³-hybridized carbons (Fsp3) is 0.818. The molecule has 1 N–H and O–H groups in total. The van der Waals surface area contributed by atoms with Crippen LogP contribution in [-0.4, -0.2) is 36.3 Å². The minimum absolute atomic E-state index is 0.0665. The first-order valence-corrected chi connectivity index (χ1v) is 5.65. The average Bonchev–Trinajstić information content (AvgIpc) is 2.26. The van der Waals surface area contributed by atoms with E-state index in [1.54, 1.807) is 0 Å². The molecule has 2 amide bonds. The van der Waals surface area contributed by atoms with Crippen LogP contribution in [-0.2, 0) is 9.59 Å². The van der Waals surface area contributed by atoms with Crippen LogP contribution in [0.2, 0.25) is 0 Å². The van der Waals surface area contributed by atoms with Crippen LogP contribution >= 0.6 is 0 Å². The van der Waals surface area contributed by atoms with E-state index in [2.05, 4.69) is 5.32 Å². The van der Waals surface area contributed by atoms with Crippen LogP contribution in [0.5, 0.6) is 0 Å². The highest BCUT2D eigenvalue weighted by Crippen LogP contribution is 2.12. The summed E-state index contributed by atoms with van der Waals surface area (Å²) in [7, 11) is 0. The summed E-state index contributed by atoms with van der Waals surface area (Å²) in [5.41, 5.74) is 0. The molecule has 1 aliphatic rings. The van der Waals surface area contributed by atoms with Crippen molar-refractivity contribution in [3.05, 3.63) is 0 Å². The summed E-state index contributed by atoms with van der Waals surface area (Å²) >= 11 is 0. The summed E-state index contributed by atoms with van der Waals surface area (Å²) in [6.45, 7) is 5.57. The zero-order valence-corrected chi connectivity index (χ0v) is 9.53.